The molecule has 2 unspecified atom stereocenters. The highest BCUT2D eigenvalue weighted by molar-refractivity contribution is 7.47. The molecule has 0 saturated carbocycles. The summed E-state index contributed by atoms with van der Waals surface area (Å²) in [6, 6.07) is 0. The molecule has 406 valence electrons. The predicted molar refractivity (Wildman–Crippen MR) is 294 cm³/mol. The second-order valence-corrected chi connectivity index (χ2v) is 21.3. The van der Waals surface area contributed by atoms with Crippen LogP contribution in [0.3, 0.4) is 0 Å². The van der Waals surface area contributed by atoms with Gasteiger partial charge < -0.3 is 20.1 Å². The van der Waals surface area contributed by atoms with Crippen LogP contribution in [0.15, 0.2) is 36.5 Å². The minimum absolute atomic E-state index is 0.0555. The molecule has 3 N–H and O–H groups in total. The van der Waals surface area contributed by atoms with Gasteiger partial charge in [-0.2, -0.15) is 0 Å². The maximum absolute atomic E-state index is 12.7. The smallest absolute Gasteiger partial charge is 0.462 e. The first-order valence-corrected chi connectivity index (χ1v) is 31.0. The van der Waals surface area contributed by atoms with E-state index >= 15 is 0 Å². The summed E-state index contributed by atoms with van der Waals surface area (Å²) in [5.41, 5.74) is 5.38. The van der Waals surface area contributed by atoms with Crippen LogP contribution in [0.2, 0.25) is 0 Å². The van der Waals surface area contributed by atoms with Crippen LogP contribution in [-0.4, -0.2) is 49.3 Å². The fraction of sp³-hybridized carbons (Fsp3) is 0.864. The molecule has 0 heterocycles. The van der Waals surface area contributed by atoms with Crippen LogP contribution in [0, 0.1) is 0 Å². The van der Waals surface area contributed by atoms with Gasteiger partial charge in [-0.15, -0.1) is 0 Å². The van der Waals surface area contributed by atoms with E-state index in [1.807, 2.05) is 0 Å². The van der Waals surface area contributed by atoms with E-state index in [1.165, 1.54) is 218 Å². The van der Waals surface area contributed by atoms with Gasteiger partial charge in [0.05, 0.1) is 13.2 Å². The van der Waals surface area contributed by atoms with Crippen LogP contribution >= 0.6 is 7.82 Å². The molecule has 0 saturated heterocycles. The number of nitrogens with two attached hydrogens (primary N) is 1. The number of rotatable bonds is 56. The number of phosphoric ester groups is 1. The van der Waals surface area contributed by atoms with Crippen LogP contribution in [0.1, 0.15) is 296 Å². The van der Waals surface area contributed by atoms with E-state index < -0.39 is 26.5 Å². The van der Waals surface area contributed by atoms with Crippen molar-refractivity contribution in [2.75, 3.05) is 26.4 Å². The lowest BCUT2D eigenvalue weighted by molar-refractivity contribution is -0.161. The highest BCUT2D eigenvalue weighted by Crippen LogP contribution is 2.43. The standard InChI is InChI=1S/C59H112NO8P/c1-3-5-7-9-11-13-15-17-19-21-22-23-24-25-26-27-28-29-30-31-32-33-34-36-38-40-42-44-46-48-50-52-59(62)68-57(56-67-69(63,64)66-54-53-60)55-65-58(61)51-49-47-45-43-41-39-37-35-20-18-16-14-12-10-8-6-4-2/h15,17,21-22,24-25,57H,3-14,16,18-20,23,26-56,60H2,1-2H3,(H,63,64)/b17-15-,22-21-,25-24-. The minimum atomic E-state index is -4.38. The quantitative estimate of drug-likeness (QED) is 0.0264. The first kappa shape index (κ1) is 67.2. The summed E-state index contributed by atoms with van der Waals surface area (Å²) >= 11 is 0. The summed E-state index contributed by atoms with van der Waals surface area (Å²) in [5, 5.41) is 0. The molecule has 2 atom stereocenters. The average Bonchev–Trinajstić information content (AvgIpc) is 3.34. The summed E-state index contributed by atoms with van der Waals surface area (Å²) in [7, 11) is -4.38. The lowest BCUT2D eigenvalue weighted by Crippen LogP contribution is -2.29. The Bertz CT molecular complexity index is 1220. The van der Waals surface area contributed by atoms with Crippen molar-refractivity contribution in [1.29, 1.82) is 0 Å². The van der Waals surface area contributed by atoms with E-state index in [-0.39, 0.29) is 38.6 Å². The predicted octanol–water partition coefficient (Wildman–Crippen LogP) is 18.4. The molecular formula is C59H112NO8P. The van der Waals surface area contributed by atoms with E-state index in [1.54, 1.807) is 0 Å². The number of esters is 2. The molecule has 0 amide bonds. The Morgan fingerprint density at radius 1 is 0.435 bits per heavy atom. The fourth-order valence-electron chi connectivity index (χ4n) is 8.65. The lowest BCUT2D eigenvalue weighted by atomic mass is 10.0. The molecule has 0 spiro atoms. The summed E-state index contributed by atoms with van der Waals surface area (Å²) in [4.78, 5) is 35.2. The Labute approximate surface area is 426 Å². The number of hydrogen-bond donors (Lipinski definition) is 2. The third kappa shape index (κ3) is 55.4. The van der Waals surface area contributed by atoms with E-state index in [0.29, 0.717) is 6.42 Å². The van der Waals surface area contributed by atoms with Crippen molar-refractivity contribution in [3.05, 3.63) is 36.5 Å². The van der Waals surface area contributed by atoms with Crippen molar-refractivity contribution in [1.82, 2.24) is 0 Å². The zero-order chi connectivity index (χ0) is 50.2. The maximum Gasteiger partial charge on any atom is 0.472 e. The lowest BCUT2D eigenvalue weighted by Gasteiger charge is -2.19. The van der Waals surface area contributed by atoms with E-state index in [9.17, 15) is 19.0 Å². The number of allylic oxidation sites excluding steroid dienone is 6. The fourth-order valence-corrected chi connectivity index (χ4v) is 9.41. The van der Waals surface area contributed by atoms with Gasteiger partial charge in [0.25, 0.3) is 0 Å². The van der Waals surface area contributed by atoms with Crippen molar-refractivity contribution in [3.63, 3.8) is 0 Å². The summed E-state index contributed by atoms with van der Waals surface area (Å²) < 4.78 is 33.0. The zero-order valence-corrected chi connectivity index (χ0v) is 46.2. The van der Waals surface area contributed by atoms with Crippen molar-refractivity contribution >= 4 is 19.8 Å². The van der Waals surface area contributed by atoms with Crippen molar-refractivity contribution in [2.45, 2.75) is 302 Å². The molecule has 9 nitrogen and oxygen atoms in total. The molecule has 0 bridgehead atoms. The number of ether oxygens (including phenoxy) is 2. The van der Waals surface area contributed by atoms with Crippen LogP contribution in [0.4, 0.5) is 0 Å². The number of carbonyl (C=O) groups excluding carboxylic acids is 2. The zero-order valence-electron chi connectivity index (χ0n) is 45.3. The Kier molecular flexibility index (Phi) is 54.1. The molecule has 0 aliphatic rings. The number of hydrogen-bond acceptors (Lipinski definition) is 8. The van der Waals surface area contributed by atoms with Crippen LogP contribution in [0.5, 0.6) is 0 Å². The van der Waals surface area contributed by atoms with Crippen LogP contribution in [-0.2, 0) is 32.7 Å². The highest BCUT2D eigenvalue weighted by Gasteiger charge is 2.26. The Hall–Kier alpha value is -1.77. The SMILES string of the molecule is CCCCCCC/C=C\C/C=C\C/C=C\CCCCCCCCCCCCCCCCCCC(=O)OC(COC(=O)CCCCCCCCCCCCCCCCCCC)COP(=O)(O)OCCN. The van der Waals surface area contributed by atoms with E-state index in [4.69, 9.17) is 24.3 Å². The minimum Gasteiger partial charge on any atom is -0.462 e. The molecular weight excluding hydrogens is 882 g/mol. The monoisotopic (exact) mass is 994 g/mol. The Morgan fingerprint density at radius 3 is 1.12 bits per heavy atom. The highest BCUT2D eigenvalue weighted by atomic mass is 31.2. The number of unbranched alkanes of at least 4 members (excludes halogenated alkanes) is 37. The molecule has 0 aromatic carbocycles. The summed E-state index contributed by atoms with van der Waals surface area (Å²) in [5.74, 6) is -0.812. The normalized spacial score (nSPS) is 13.3. The summed E-state index contributed by atoms with van der Waals surface area (Å²) in [6.45, 7) is 3.78. The Morgan fingerprint density at radius 2 is 0.754 bits per heavy atom. The van der Waals surface area contributed by atoms with Gasteiger partial charge in [0.15, 0.2) is 6.10 Å². The van der Waals surface area contributed by atoms with Crippen molar-refractivity contribution < 1.29 is 37.6 Å². The first-order chi connectivity index (χ1) is 33.8. The van der Waals surface area contributed by atoms with Gasteiger partial charge in [-0.05, 0) is 51.4 Å². The van der Waals surface area contributed by atoms with Gasteiger partial charge >= 0.3 is 19.8 Å². The molecule has 0 aliphatic heterocycles. The second kappa shape index (κ2) is 55.5. The molecule has 10 heteroatoms. The largest absolute Gasteiger partial charge is 0.472 e. The topological polar surface area (TPSA) is 134 Å². The van der Waals surface area contributed by atoms with Gasteiger partial charge in [0.2, 0.25) is 0 Å². The summed E-state index contributed by atoms with van der Waals surface area (Å²) in [6.07, 6.45) is 66.3. The first-order valence-electron chi connectivity index (χ1n) is 29.5. The van der Waals surface area contributed by atoms with E-state index in [2.05, 4.69) is 50.3 Å². The molecule has 69 heavy (non-hydrogen) atoms. The Balaban J connectivity index is 3.89. The van der Waals surface area contributed by atoms with Gasteiger partial charge in [-0.3, -0.25) is 18.6 Å². The molecule has 0 radical (unpaired) electrons. The average molecular weight is 995 g/mol. The van der Waals surface area contributed by atoms with Gasteiger partial charge in [-0.25, -0.2) is 4.57 Å². The number of carbonyl (C=O) groups is 2. The van der Waals surface area contributed by atoms with Gasteiger partial charge in [0.1, 0.15) is 6.61 Å². The van der Waals surface area contributed by atoms with Crippen LogP contribution in [0.25, 0.3) is 0 Å². The van der Waals surface area contributed by atoms with Gasteiger partial charge in [-0.1, -0.05) is 269 Å². The third-order valence-corrected chi connectivity index (χ3v) is 14.0. The molecule has 0 fully saturated rings. The van der Waals surface area contributed by atoms with Gasteiger partial charge in [0, 0.05) is 19.4 Å². The maximum atomic E-state index is 12.7. The number of phosphoric acid groups is 1. The van der Waals surface area contributed by atoms with Crippen molar-refractivity contribution in [3.8, 4) is 0 Å². The van der Waals surface area contributed by atoms with Crippen molar-refractivity contribution in [2.24, 2.45) is 5.73 Å². The third-order valence-electron chi connectivity index (χ3n) is 13.0. The van der Waals surface area contributed by atoms with E-state index in [0.717, 1.165) is 44.9 Å². The van der Waals surface area contributed by atoms with Crippen LogP contribution < -0.4 is 5.73 Å². The second-order valence-electron chi connectivity index (χ2n) is 19.9. The molecule has 0 aromatic rings. The molecule has 0 rings (SSSR count). The molecule has 0 aromatic heterocycles. The molecule has 0 aliphatic carbocycles.